The molecule has 4 aromatic rings. The summed E-state index contributed by atoms with van der Waals surface area (Å²) < 4.78 is 35.2. The lowest BCUT2D eigenvalue weighted by molar-refractivity contribution is 0.0696. The first-order valence-corrected chi connectivity index (χ1v) is 15.7. The van der Waals surface area contributed by atoms with Crippen molar-refractivity contribution in [3.8, 4) is 17.1 Å². The second kappa shape index (κ2) is 13.7. The summed E-state index contributed by atoms with van der Waals surface area (Å²) in [6.07, 6.45) is 3.85. The number of carboxylic acid groups (broad SMARTS) is 1. The number of benzene rings is 2. The van der Waals surface area contributed by atoms with Crippen molar-refractivity contribution < 1.29 is 23.1 Å². The lowest BCUT2D eigenvalue weighted by Gasteiger charge is -2.27. The SMILES string of the molecule is Cc1cccc(C)c1-c1cc(OC[C@@H](CC(C)(C)C)NCc2cncc(Cl)n2)nc(NS(=O)(=O)c2cccc(C(=O)O)c2)n1. The van der Waals surface area contributed by atoms with Crippen LogP contribution in [0, 0.1) is 19.3 Å². The Hall–Kier alpha value is -4.13. The van der Waals surface area contributed by atoms with Gasteiger partial charge in [0.1, 0.15) is 11.8 Å². The first kappa shape index (κ1) is 32.8. The van der Waals surface area contributed by atoms with Gasteiger partial charge < -0.3 is 15.2 Å². The number of carboxylic acids is 1. The lowest BCUT2D eigenvalue weighted by Crippen LogP contribution is -2.37. The van der Waals surface area contributed by atoms with Gasteiger partial charge in [-0.2, -0.15) is 4.98 Å². The minimum atomic E-state index is -4.23. The van der Waals surface area contributed by atoms with E-state index in [1.165, 1.54) is 24.4 Å². The number of ether oxygens (including phenoxy) is 1. The van der Waals surface area contributed by atoms with Crippen LogP contribution in [-0.4, -0.2) is 52.1 Å². The number of hydrogen-bond acceptors (Lipinski definition) is 9. The standard InChI is InChI=1S/C31H35ClN6O5S/c1-19-8-6-9-20(2)28(19)25-13-27(37-30(36-25)38-44(41,42)24-11-7-10-21(12-24)29(39)40)43-18-22(14-31(3,4)5)34-16-23-15-33-17-26(32)35-23/h6-13,15,17,22,34H,14,16,18H2,1-5H3,(H,39,40)(H,36,37,38)/t22-/m1/s1. The summed E-state index contributed by atoms with van der Waals surface area (Å²) in [6.45, 7) is 10.9. The number of aromatic carboxylic acids is 1. The Bertz CT molecular complexity index is 1740. The fraction of sp³-hybridized carbons (Fsp3) is 0.323. The smallest absolute Gasteiger partial charge is 0.335 e. The molecule has 0 saturated carbocycles. The van der Waals surface area contributed by atoms with Crippen LogP contribution in [0.2, 0.25) is 5.15 Å². The molecule has 2 aromatic carbocycles. The molecule has 0 saturated heterocycles. The molecule has 0 aliphatic rings. The second-order valence-corrected chi connectivity index (χ2v) is 13.7. The summed E-state index contributed by atoms with van der Waals surface area (Å²) in [5, 5.41) is 13.1. The van der Waals surface area contributed by atoms with Crippen LogP contribution in [0.15, 0.2) is 65.8 Å². The molecule has 0 unspecified atom stereocenters. The third-order valence-electron chi connectivity index (χ3n) is 6.57. The van der Waals surface area contributed by atoms with E-state index < -0.39 is 16.0 Å². The molecule has 4 rings (SSSR count). The van der Waals surface area contributed by atoms with Crippen LogP contribution >= 0.6 is 11.6 Å². The number of halogens is 1. The fourth-order valence-electron chi connectivity index (χ4n) is 4.70. The van der Waals surface area contributed by atoms with Gasteiger partial charge in [0.05, 0.1) is 28.0 Å². The molecule has 0 amide bonds. The number of anilines is 1. The molecule has 0 spiro atoms. The quantitative estimate of drug-likeness (QED) is 0.176. The number of rotatable bonds is 12. The first-order chi connectivity index (χ1) is 20.7. The van der Waals surface area contributed by atoms with Gasteiger partial charge in [-0.25, -0.2) is 27.9 Å². The van der Waals surface area contributed by atoms with Gasteiger partial charge in [-0.15, -0.1) is 0 Å². The van der Waals surface area contributed by atoms with Crippen molar-refractivity contribution in [2.75, 3.05) is 11.3 Å². The van der Waals surface area contributed by atoms with Crippen molar-refractivity contribution in [2.45, 2.75) is 58.5 Å². The zero-order chi connectivity index (χ0) is 32.1. The molecule has 0 radical (unpaired) electrons. The average Bonchev–Trinajstić information content (AvgIpc) is 2.93. The molecule has 44 heavy (non-hydrogen) atoms. The molecular formula is C31H35ClN6O5S. The summed E-state index contributed by atoms with van der Waals surface area (Å²) >= 11 is 6.00. The molecule has 13 heteroatoms. The van der Waals surface area contributed by atoms with E-state index in [9.17, 15) is 18.3 Å². The topological polar surface area (TPSA) is 156 Å². The van der Waals surface area contributed by atoms with Gasteiger partial charge >= 0.3 is 5.97 Å². The van der Waals surface area contributed by atoms with Crippen molar-refractivity contribution >= 4 is 33.5 Å². The highest BCUT2D eigenvalue weighted by Gasteiger charge is 2.22. The first-order valence-electron chi connectivity index (χ1n) is 13.8. The molecule has 11 nitrogen and oxygen atoms in total. The third-order valence-corrected chi connectivity index (χ3v) is 8.08. The zero-order valence-electron chi connectivity index (χ0n) is 25.1. The lowest BCUT2D eigenvalue weighted by atomic mass is 9.88. The van der Waals surface area contributed by atoms with Crippen molar-refractivity contribution in [1.82, 2.24) is 25.3 Å². The van der Waals surface area contributed by atoms with E-state index in [0.29, 0.717) is 23.1 Å². The maximum Gasteiger partial charge on any atom is 0.335 e. The predicted octanol–water partition coefficient (Wildman–Crippen LogP) is 5.68. The van der Waals surface area contributed by atoms with Crippen LogP contribution < -0.4 is 14.8 Å². The van der Waals surface area contributed by atoms with Crippen LogP contribution in [-0.2, 0) is 16.6 Å². The number of hydrogen-bond donors (Lipinski definition) is 3. The highest BCUT2D eigenvalue weighted by Crippen LogP contribution is 2.30. The van der Waals surface area contributed by atoms with E-state index in [4.69, 9.17) is 16.3 Å². The Labute approximate surface area is 262 Å². The van der Waals surface area contributed by atoms with Gasteiger partial charge in [-0.3, -0.25) is 4.98 Å². The molecule has 2 heterocycles. The minimum Gasteiger partial charge on any atom is -0.478 e. The van der Waals surface area contributed by atoms with Gasteiger partial charge in [0.25, 0.3) is 10.0 Å². The van der Waals surface area contributed by atoms with E-state index in [1.54, 1.807) is 12.3 Å². The minimum absolute atomic E-state index is 0.0403. The van der Waals surface area contributed by atoms with Crippen molar-refractivity contribution in [3.63, 3.8) is 0 Å². The zero-order valence-corrected chi connectivity index (χ0v) is 26.7. The second-order valence-electron chi connectivity index (χ2n) is 11.6. The van der Waals surface area contributed by atoms with Crippen LogP contribution in [0.4, 0.5) is 5.95 Å². The van der Waals surface area contributed by atoms with E-state index >= 15 is 0 Å². The molecule has 3 N–H and O–H groups in total. The Morgan fingerprint density at radius 3 is 2.39 bits per heavy atom. The predicted molar refractivity (Wildman–Crippen MR) is 168 cm³/mol. The molecule has 1 atom stereocenters. The maximum absolute atomic E-state index is 13.3. The molecule has 0 aliphatic heterocycles. The van der Waals surface area contributed by atoms with E-state index in [-0.39, 0.29) is 40.4 Å². The number of aromatic nitrogens is 4. The number of sulfonamides is 1. The summed E-state index contributed by atoms with van der Waals surface area (Å²) in [4.78, 5) is 28.5. The van der Waals surface area contributed by atoms with Gasteiger partial charge in [0, 0.05) is 30.4 Å². The maximum atomic E-state index is 13.3. The molecule has 0 aliphatic carbocycles. The number of nitrogens with zero attached hydrogens (tertiary/aromatic N) is 4. The van der Waals surface area contributed by atoms with E-state index in [1.807, 2.05) is 32.0 Å². The average molecular weight is 639 g/mol. The monoisotopic (exact) mass is 638 g/mol. The van der Waals surface area contributed by atoms with Gasteiger partial charge in [0.2, 0.25) is 11.8 Å². The molecular weight excluding hydrogens is 604 g/mol. The van der Waals surface area contributed by atoms with Crippen LogP contribution in [0.1, 0.15) is 54.4 Å². The van der Waals surface area contributed by atoms with E-state index in [2.05, 4.69) is 50.7 Å². The number of aryl methyl sites for hydroxylation is 2. The largest absolute Gasteiger partial charge is 0.478 e. The Balaban J connectivity index is 1.66. The van der Waals surface area contributed by atoms with Crippen molar-refractivity contribution in [3.05, 3.63) is 88.5 Å². The van der Waals surface area contributed by atoms with Crippen LogP contribution in [0.25, 0.3) is 11.3 Å². The van der Waals surface area contributed by atoms with Gasteiger partial charge in [0.15, 0.2) is 0 Å². The summed E-state index contributed by atoms with van der Waals surface area (Å²) in [5.41, 5.74) is 3.64. The molecule has 0 bridgehead atoms. The van der Waals surface area contributed by atoms with Crippen molar-refractivity contribution in [2.24, 2.45) is 5.41 Å². The molecule has 0 fully saturated rings. The normalized spacial score (nSPS) is 12.5. The molecule has 232 valence electrons. The summed E-state index contributed by atoms with van der Waals surface area (Å²) in [6, 6.07) is 12.4. The number of carbonyl (C=O) groups is 1. The fourth-order valence-corrected chi connectivity index (χ4v) is 5.85. The highest BCUT2D eigenvalue weighted by atomic mass is 35.5. The van der Waals surface area contributed by atoms with Crippen LogP contribution in [0.5, 0.6) is 5.88 Å². The Morgan fingerprint density at radius 2 is 1.73 bits per heavy atom. The summed E-state index contributed by atoms with van der Waals surface area (Å²) in [5.74, 6) is -1.29. The molecule has 2 aromatic heterocycles. The van der Waals surface area contributed by atoms with Gasteiger partial charge in [-0.1, -0.05) is 56.6 Å². The van der Waals surface area contributed by atoms with Crippen LogP contribution in [0.3, 0.4) is 0 Å². The van der Waals surface area contributed by atoms with Crippen molar-refractivity contribution in [1.29, 1.82) is 0 Å². The van der Waals surface area contributed by atoms with E-state index in [0.717, 1.165) is 29.2 Å². The summed E-state index contributed by atoms with van der Waals surface area (Å²) in [7, 11) is -4.23. The number of nitrogens with one attached hydrogen (secondary N) is 2. The Kier molecular flexibility index (Phi) is 10.2. The third kappa shape index (κ3) is 8.94. The van der Waals surface area contributed by atoms with Gasteiger partial charge in [-0.05, 0) is 55.0 Å². The highest BCUT2D eigenvalue weighted by molar-refractivity contribution is 7.92. The Morgan fingerprint density at radius 1 is 1.02 bits per heavy atom.